The Morgan fingerprint density at radius 1 is 0.851 bits per heavy atom. The van der Waals surface area contributed by atoms with Gasteiger partial charge in [-0.2, -0.15) is 8.42 Å². The van der Waals surface area contributed by atoms with Crippen LogP contribution in [-0.4, -0.2) is 37.1 Å². The van der Waals surface area contributed by atoms with Gasteiger partial charge in [-0.3, -0.25) is 14.1 Å². The van der Waals surface area contributed by atoms with Crippen molar-refractivity contribution in [3.63, 3.8) is 0 Å². The Morgan fingerprint density at radius 3 is 2.23 bits per heavy atom. The summed E-state index contributed by atoms with van der Waals surface area (Å²) in [5.41, 5.74) is 5.86. The van der Waals surface area contributed by atoms with Crippen molar-refractivity contribution < 1.29 is 27.0 Å². The third-order valence-electron chi connectivity index (χ3n) is 8.90. The zero-order chi connectivity index (χ0) is 32.8. The maximum Gasteiger partial charge on any atom is 0.266 e. The van der Waals surface area contributed by atoms with Gasteiger partial charge in [-0.05, 0) is 90.4 Å². The summed E-state index contributed by atoms with van der Waals surface area (Å²) < 4.78 is 36.8. The molecule has 5 aromatic rings. The summed E-state index contributed by atoms with van der Waals surface area (Å²) in [5.74, 6) is -0.310. The Bertz CT molecular complexity index is 1910. The predicted molar refractivity (Wildman–Crippen MR) is 184 cm³/mol. The molecule has 1 aliphatic rings. The monoisotopic (exact) mass is 650 g/mol. The molecule has 0 radical (unpaired) electrons. The van der Waals surface area contributed by atoms with Crippen molar-refractivity contribution in [2.45, 2.75) is 50.4 Å². The van der Waals surface area contributed by atoms with E-state index >= 15 is 0 Å². The molecule has 8 nitrogen and oxygen atoms in total. The minimum absolute atomic E-state index is 0.140. The Kier molecular flexibility index (Phi) is 9.84. The SMILES string of the molecule is O=C(NCCS(=O)(=O)O)c1ccc(CC(C(=O)Nc2ccc(-c3cc4ccccc4o3)cc2)c2ccc(C3CCCCC3)cc2)cc1. The van der Waals surface area contributed by atoms with E-state index in [4.69, 9.17) is 8.97 Å². The second-order valence-electron chi connectivity index (χ2n) is 12.2. The van der Waals surface area contributed by atoms with E-state index in [9.17, 15) is 18.0 Å². The quantitative estimate of drug-likeness (QED) is 0.126. The van der Waals surface area contributed by atoms with Gasteiger partial charge >= 0.3 is 0 Å². The van der Waals surface area contributed by atoms with Gasteiger partial charge in [0.15, 0.2) is 0 Å². The first-order chi connectivity index (χ1) is 22.7. The van der Waals surface area contributed by atoms with Crippen molar-refractivity contribution in [3.05, 3.63) is 125 Å². The van der Waals surface area contributed by atoms with E-state index in [1.165, 1.54) is 37.7 Å². The molecular formula is C38H38N2O6S. The maximum atomic E-state index is 13.9. The van der Waals surface area contributed by atoms with Crippen LogP contribution in [0.4, 0.5) is 5.69 Å². The molecule has 4 aromatic carbocycles. The third-order valence-corrected chi connectivity index (χ3v) is 9.62. The van der Waals surface area contributed by atoms with Gasteiger partial charge in [0, 0.05) is 28.7 Å². The van der Waals surface area contributed by atoms with E-state index < -0.39 is 27.7 Å². The number of rotatable bonds is 11. The number of furan rings is 1. The molecule has 1 aromatic heterocycles. The van der Waals surface area contributed by atoms with Crippen LogP contribution >= 0.6 is 0 Å². The molecule has 1 aliphatic carbocycles. The van der Waals surface area contributed by atoms with E-state index in [0.717, 1.165) is 33.4 Å². The number of carbonyl (C=O) groups excluding carboxylic acids is 2. The van der Waals surface area contributed by atoms with E-state index in [0.29, 0.717) is 23.6 Å². The van der Waals surface area contributed by atoms with Crippen LogP contribution in [-0.2, 0) is 21.3 Å². The molecule has 1 saturated carbocycles. The van der Waals surface area contributed by atoms with Gasteiger partial charge in [-0.15, -0.1) is 0 Å². The average Bonchev–Trinajstić information content (AvgIpc) is 3.52. The van der Waals surface area contributed by atoms with Gasteiger partial charge in [-0.1, -0.05) is 73.9 Å². The molecule has 9 heteroatoms. The first kappa shape index (κ1) is 32.2. The second-order valence-corrected chi connectivity index (χ2v) is 13.8. The molecule has 3 N–H and O–H groups in total. The molecule has 1 unspecified atom stereocenters. The molecule has 1 atom stereocenters. The van der Waals surface area contributed by atoms with Gasteiger partial charge in [0.1, 0.15) is 11.3 Å². The smallest absolute Gasteiger partial charge is 0.266 e. The van der Waals surface area contributed by atoms with E-state index in [1.807, 2.05) is 54.6 Å². The molecule has 1 heterocycles. The lowest BCUT2D eigenvalue weighted by Crippen LogP contribution is -2.28. The summed E-state index contributed by atoms with van der Waals surface area (Å²) in [6.45, 7) is -0.197. The fraction of sp³-hybridized carbons (Fsp3) is 0.263. The van der Waals surface area contributed by atoms with E-state index in [1.54, 1.807) is 24.3 Å². The Morgan fingerprint density at radius 2 is 1.55 bits per heavy atom. The van der Waals surface area contributed by atoms with Gasteiger partial charge < -0.3 is 15.1 Å². The first-order valence-electron chi connectivity index (χ1n) is 16.0. The number of nitrogens with one attached hydrogen (secondary N) is 2. The highest BCUT2D eigenvalue weighted by Gasteiger charge is 2.23. The van der Waals surface area contributed by atoms with Crippen molar-refractivity contribution in [2.24, 2.45) is 0 Å². The normalized spacial score (nSPS) is 14.5. The Labute approximate surface area is 275 Å². The number of hydrogen-bond acceptors (Lipinski definition) is 5. The van der Waals surface area contributed by atoms with Gasteiger partial charge in [-0.25, -0.2) is 0 Å². The van der Waals surface area contributed by atoms with Crippen LogP contribution in [0.25, 0.3) is 22.3 Å². The highest BCUT2D eigenvalue weighted by atomic mass is 32.2. The van der Waals surface area contributed by atoms with Crippen molar-refractivity contribution in [1.82, 2.24) is 5.32 Å². The molecule has 0 spiro atoms. The van der Waals surface area contributed by atoms with E-state index in [2.05, 4.69) is 34.9 Å². The van der Waals surface area contributed by atoms with Crippen LogP contribution in [0.5, 0.6) is 0 Å². The topological polar surface area (TPSA) is 126 Å². The van der Waals surface area contributed by atoms with Crippen LogP contribution in [0, 0.1) is 0 Å². The van der Waals surface area contributed by atoms with Gasteiger partial charge in [0.05, 0.1) is 11.7 Å². The lowest BCUT2D eigenvalue weighted by Gasteiger charge is -2.23. The van der Waals surface area contributed by atoms with Crippen LogP contribution in [0.1, 0.15) is 71.0 Å². The summed E-state index contributed by atoms with van der Waals surface area (Å²) in [7, 11) is -4.17. The fourth-order valence-corrected chi connectivity index (χ4v) is 6.65. The third kappa shape index (κ3) is 8.36. The molecular weight excluding hydrogens is 612 g/mol. The maximum absolute atomic E-state index is 13.9. The summed E-state index contributed by atoms with van der Waals surface area (Å²) in [5, 5.41) is 6.63. The number of hydrogen-bond donors (Lipinski definition) is 3. The van der Waals surface area contributed by atoms with Crippen LogP contribution in [0.3, 0.4) is 0 Å². The number of amides is 2. The van der Waals surface area contributed by atoms with Gasteiger partial charge in [0.25, 0.3) is 16.0 Å². The lowest BCUT2D eigenvalue weighted by molar-refractivity contribution is -0.117. The summed E-state index contributed by atoms with van der Waals surface area (Å²) >= 11 is 0. The number of para-hydroxylation sites is 1. The minimum Gasteiger partial charge on any atom is -0.456 e. The Hall–Kier alpha value is -4.73. The van der Waals surface area contributed by atoms with E-state index in [-0.39, 0.29) is 12.5 Å². The molecule has 47 heavy (non-hydrogen) atoms. The lowest BCUT2D eigenvalue weighted by atomic mass is 9.83. The number of benzene rings is 4. The predicted octanol–water partition coefficient (Wildman–Crippen LogP) is 7.73. The molecule has 0 aliphatic heterocycles. The van der Waals surface area contributed by atoms with Crippen LogP contribution < -0.4 is 10.6 Å². The van der Waals surface area contributed by atoms with Crippen molar-refractivity contribution >= 4 is 38.6 Å². The number of anilines is 1. The summed E-state index contributed by atoms with van der Waals surface area (Å²) in [6, 6.07) is 32.8. The molecule has 0 saturated heterocycles. The molecule has 6 rings (SSSR count). The van der Waals surface area contributed by atoms with Crippen molar-refractivity contribution in [1.29, 1.82) is 0 Å². The summed E-state index contributed by atoms with van der Waals surface area (Å²) in [4.78, 5) is 26.3. The zero-order valence-corrected chi connectivity index (χ0v) is 26.8. The van der Waals surface area contributed by atoms with Crippen LogP contribution in [0.2, 0.25) is 0 Å². The van der Waals surface area contributed by atoms with Gasteiger partial charge in [0.2, 0.25) is 5.91 Å². The minimum atomic E-state index is -4.17. The zero-order valence-electron chi connectivity index (χ0n) is 26.0. The molecule has 0 bridgehead atoms. The molecule has 1 fully saturated rings. The number of fused-ring (bicyclic) bond motifs is 1. The van der Waals surface area contributed by atoms with Crippen molar-refractivity contribution in [3.8, 4) is 11.3 Å². The highest BCUT2D eigenvalue weighted by molar-refractivity contribution is 7.85. The summed E-state index contributed by atoms with van der Waals surface area (Å²) in [6.07, 6.45) is 6.60. The van der Waals surface area contributed by atoms with Crippen molar-refractivity contribution in [2.75, 3.05) is 17.6 Å². The fourth-order valence-electron chi connectivity index (χ4n) is 6.29. The standard InChI is InChI=1S/C38H38N2O6S/c41-37(39-22-23-47(43,44)45)31-12-10-26(11-13-31)24-34(29-16-14-28(15-17-29)27-6-2-1-3-7-27)38(42)40-33-20-18-30(19-21-33)36-25-32-8-4-5-9-35(32)46-36/h4-5,8-21,25,27,34H,1-3,6-7,22-24H2,(H,39,41)(H,40,42)(H,43,44,45). The van der Waals surface area contributed by atoms with Crippen LogP contribution in [0.15, 0.2) is 108 Å². The molecule has 2 amide bonds. The Balaban J connectivity index is 1.18. The first-order valence-corrected chi connectivity index (χ1v) is 17.6. The highest BCUT2D eigenvalue weighted by Crippen LogP contribution is 2.34. The average molecular weight is 651 g/mol. The largest absolute Gasteiger partial charge is 0.456 e. The number of carbonyl (C=O) groups is 2. The second kappa shape index (κ2) is 14.4. The molecule has 242 valence electrons.